The molecule has 0 aliphatic heterocycles. The third kappa shape index (κ3) is 5.24. The van der Waals surface area contributed by atoms with Crippen molar-refractivity contribution in [2.45, 2.75) is 13.5 Å². The van der Waals surface area contributed by atoms with E-state index in [-0.39, 0.29) is 24.3 Å². The van der Waals surface area contributed by atoms with E-state index in [0.717, 1.165) is 16.2 Å². The highest BCUT2D eigenvalue weighted by Crippen LogP contribution is 2.26. The maximum atomic E-state index is 12.8. The molecule has 0 spiro atoms. The van der Waals surface area contributed by atoms with Crippen LogP contribution in [0.1, 0.15) is 28.4 Å². The zero-order chi connectivity index (χ0) is 24.0. The fourth-order valence-electron chi connectivity index (χ4n) is 3.09. The van der Waals surface area contributed by atoms with E-state index in [4.69, 9.17) is 14.2 Å². The molecule has 1 heterocycles. The number of carbonyl (C=O) groups is 3. The third-order valence-electron chi connectivity index (χ3n) is 4.63. The van der Waals surface area contributed by atoms with Crippen molar-refractivity contribution in [1.29, 1.82) is 0 Å². The van der Waals surface area contributed by atoms with E-state index in [1.165, 1.54) is 38.4 Å². The van der Waals surface area contributed by atoms with Crippen LogP contribution in [-0.4, -0.2) is 41.2 Å². The van der Waals surface area contributed by atoms with Crippen molar-refractivity contribution in [3.8, 4) is 0 Å². The monoisotopic (exact) mass is 452 g/mol. The van der Waals surface area contributed by atoms with Crippen LogP contribution in [0.2, 0.25) is 0 Å². The summed E-state index contributed by atoms with van der Waals surface area (Å²) in [6, 6.07) is 13.4. The topological polar surface area (TPSA) is 127 Å². The third-order valence-corrected chi connectivity index (χ3v) is 4.63. The molecule has 0 N–H and O–H groups in total. The number of nitrogens with zero attached hydrogens (tertiary/aromatic N) is 2. The first kappa shape index (κ1) is 23.2. The molecule has 0 saturated heterocycles. The van der Waals surface area contributed by atoms with Gasteiger partial charge in [-0.25, -0.2) is 14.4 Å². The number of aromatic nitrogens is 1. The molecule has 10 heteroatoms. The number of nitro groups is 1. The van der Waals surface area contributed by atoms with Gasteiger partial charge in [0.05, 0.1) is 29.7 Å². The molecule has 0 fully saturated rings. The molecule has 0 saturated carbocycles. The van der Waals surface area contributed by atoms with Crippen LogP contribution >= 0.6 is 0 Å². The molecule has 0 bridgehead atoms. The molecule has 0 radical (unpaired) electrons. The van der Waals surface area contributed by atoms with Gasteiger partial charge in [0.15, 0.2) is 0 Å². The lowest BCUT2D eigenvalue weighted by Gasteiger charge is -2.07. The van der Waals surface area contributed by atoms with Crippen LogP contribution in [-0.2, 0) is 25.6 Å². The highest BCUT2D eigenvalue weighted by molar-refractivity contribution is 6.02. The predicted octanol–water partition coefficient (Wildman–Crippen LogP) is 3.79. The SMILES string of the molecule is CCOC(=O)C(=Cc1cn(C(=O)OCc2ccccc2)c2ccc(C(=O)OC)cc12)[N+](=O)[O-]. The quantitative estimate of drug-likeness (QED) is 0.174. The number of hydrogen-bond acceptors (Lipinski definition) is 8. The first-order chi connectivity index (χ1) is 15.8. The minimum absolute atomic E-state index is 0.00768. The van der Waals surface area contributed by atoms with Crippen molar-refractivity contribution in [3.05, 3.63) is 87.2 Å². The van der Waals surface area contributed by atoms with Gasteiger partial charge in [-0.1, -0.05) is 30.3 Å². The van der Waals surface area contributed by atoms with Gasteiger partial charge in [0.1, 0.15) is 6.61 Å². The molecule has 33 heavy (non-hydrogen) atoms. The zero-order valence-corrected chi connectivity index (χ0v) is 17.8. The number of carbonyl (C=O) groups excluding carboxylic acids is 3. The molecule has 0 unspecified atom stereocenters. The maximum Gasteiger partial charge on any atom is 0.418 e. The summed E-state index contributed by atoms with van der Waals surface area (Å²) in [7, 11) is 1.21. The number of fused-ring (bicyclic) bond motifs is 1. The van der Waals surface area contributed by atoms with E-state index < -0.39 is 28.7 Å². The second kappa shape index (κ2) is 10.2. The zero-order valence-electron chi connectivity index (χ0n) is 17.8. The number of esters is 2. The van der Waals surface area contributed by atoms with Crippen LogP contribution in [0.5, 0.6) is 0 Å². The summed E-state index contributed by atoms with van der Waals surface area (Å²) in [6.45, 7) is 1.48. The van der Waals surface area contributed by atoms with E-state index in [2.05, 4.69) is 0 Å². The molecule has 3 rings (SSSR count). The van der Waals surface area contributed by atoms with Gasteiger partial charge >= 0.3 is 23.7 Å². The van der Waals surface area contributed by atoms with E-state index in [9.17, 15) is 24.5 Å². The number of ether oxygens (including phenoxy) is 3. The minimum atomic E-state index is -1.13. The number of methoxy groups -OCH3 is 1. The Hall–Kier alpha value is -4.47. The van der Waals surface area contributed by atoms with Gasteiger partial charge in [-0.2, -0.15) is 0 Å². The molecular formula is C23H20N2O8. The summed E-state index contributed by atoms with van der Waals surface area (Å²) in [4.78, 5) is 47.4. The minimum Gasteiger partial charge on any atom is -0.465 e. The number of hydrogen-bond donors (Lipinski definition) is 0. The highest BCUT2D eigenvalue weighted by Gasteiger charge is 2.25. The molecule has 0 aliphatic carbocycles. The summed E-state index contributed by atoms with van der Waals surface area (Å²) in [5, 5.41) is 11.7. The molecule has 170 valence electrons. The van der Waals surface area contributed by atoms with Gasteiger partial charge in [-0.05, 0) is 30.7 Å². The van der Waals surface area contributed by atoms with Gasteiger partial charge in [-0.15, -0.1) is 0 Å². The van der Waals surface area contributed by atoms with E-state index >= 15 is 0 Å². The van der Waals surface area contributed by atoms with E-state index in [1.54, 1.807) is 24.3 Å². The van der Waals surface area contributed by atoms with E-state index in [1.807, 2.05) is 6.07 Å². The molecule has 10 nitrogen and oxygen atoms in total. The Morgan fingerprint density at radius 3 is 2.45 bits per heavy atom. The van der Waals surface area contributed by atoms with Crippen LogP contribution in [0, 0.1) is 10.1 Å². The average Bonchev–Trinajstić information content (AvgIpc) is 3.18. The lowest BCUT2D eigenvalue weighted by Crippen LogP contribution is -2.14. The number of benzene rings is 2. The Labute approximate surface area is 188 Å². The van der Waals surface area contributed by atoms with Gasteiger partial charge in [0, 0.05) is 23.2 Å². The molecular weight excluding hydrogens is 432 g/mol. The summed E-state index contributed by atoms with van der Waals surface area (Å²) in [6.07, 6.45) is 1.54. The van der Waals surface area contributed by atoms with Gasteiger partial charge < -0.3 is 14.2 Å². The van der Waals surface area contributed by atoms with Gasteiger partial charge in [-0.3, -0.25) is 14.7 Å². The standard InChI is InChI=1S/C23H20N2O8/c1-3-32-22(27)20(25(29)30)12-17-13-24(23(28)33-14-15-7-5-4-6-8-15)19-10-9-16(11-18(17)19)21(26)31-2/h4-13H,3,14H2,1-2H3. The molecule has 0 aliphatic rings. The first-order valence-electron chi connectivity index (χ1n) is 9.83. The lowest BCUT2D eigenvalue weighted by atomic mass is 10.1. The van der Waals surface area contributed by atoms with Crippen molar-refractivity contribution in [1.82, 2.24) is 4.57 Å². The van der Waals surface area contributed by atoms with Gasteiger partial charge in [0.25, 0.3) is 0 Å². The summed E-state index contributed by atoms with van der Waals surface area (Å²) >= 11 is 0. The Morgan fingerprint density at radius 1 is 1.09 bits per heavy atom. The highest BCUT2D eigenvalue weighted by atomic mass is 16.6. The summed E-state index contributed by atoms with van der Waals surface area (Å²) < 4.78 is 16.0. The van der Waals surface area contributed by atoms with Crippen molar-refractivity contribution in [2.24, 2.45) is 0 Å². The van der Waals surface area contributed by atoms with Crippen LogP contribution in [0.3, 0.4) is 0 Å². The van der Waals surface area contributed by atoms with Crippen molar-refractivity contribution in [3.63, 3.8) is 0 Å². The normalized spacial score (nSPS) is 11.2. The van der Waals surface area contributed by atoms with Crippen LogP contribution < -0.4 is 0 Å². The number of rotatable bonds is 7. The maximum absolute atomic E-state index is 12.8. The Balaban J connectivity index is 2.08. The average molecular weight is 452 g/mol. The lowest BCUT2D eigenvalue weighted by molar-refractivity contribution is -0.419. The summed E-state index contributed by atoms with van der Waals surface area (Å²) in [5.41, 5.74) is 0.574. The molecule has 1 aromatic heterocycles. The second-order valence-electron chi connectivity index (χ2n) is 6.73. The molecule has 0 amide bonds. The van der Waals surface area contributed by atoms with Crippen LogP contribution in [0.25, 0.3) is 17.0 Å². The van der Waals surface area contributed by atoms with Crippen LogP contribution in [0.15, 0.2) is 60.4 Å². The Bertz CT molecular complexity index is 1240. The first-order valence-corrected chi connectivity index (χ1v) is 9.83. The van der Waals surface area contributed by atoms with Crippen molar-refractivity contribution < 1.29 is 33.5 Å². The predicted molar refractivity (Wildman–Crippen MR) is 117 cm³/mol. The molecule has 3 aromatic rings. The fraction of sp³-hybridized carbons (Fsp3) is 0.174. The van der Waals surface area contributed by atoms with E-state index in [0.29, 0.717) is 10.9 Å². The Kier molecular flexibility index (Phi) is 7.19. The van der Waals surface area contributed by atoms with Crippen molar-refractivity contribution >= 4 is 35.0 Å². The summed E-state index contributed by atoms with van der Waals surface area (Å²) in [5.74, 6) is -1.76. The second-order valence-corrected chi connectivity index (χ2v) is 6.73. The van der Waals surface area contributed by atoms with Gasteiger partial charge in [0.2, 0.25) is 0 Å². The molecule has 0 atom stereocenters. The fourth-order valence-corrected chi connectivity index (χ4v) is 3.09. The Morgan fingerprint density at radius 2 is 1.82 bits per heavy atom. The largest absolute Gasteiger partial charge is 0.465 e. The smallest absolute Gasteiger partial charge is 0.418 e. The van der Waals surface area contributed by atoms with Crippen molar-refractivity contribution in [2.75, 3.05) is 13.7 Å². The molecule has 2 aromatic carbocycles. The van der Waals surface area contributed by atoms with Crippen LogP contribution in [0.4, 0.5) is 4.79 Å².